The Kier molecular flexibility index (Phi) is 5.06. The largest absolute Gasteiger partial charge is 0.463 e. The minimum absolute atomic E-state index is 0.156. The Balaban J connectivity index is 2.20. The summed E-state index contributed by atoms with van der Waals surface area (Å²) in [7, 11) is 0. The lowest BCUT2D eigenvalue weighted by molar-refractivity contribution is -0.398. The lowest BCUT2D eigenvalue weighted by atomic mass is 10.1. The first-order valence-electron chi connectivity index (χ1n) is 6.70. The Morgan fingerprint density at radius 3 is 2.74 bits per heavy atom. The van der Waals surface area contributed by atoms with Crippen LogP contribution in [0.4, 0.5) is 5.95 Å². The minimum Gasteiger partial charge on any atom is -0.463 e. The van der Waals surface area contributed by atoms with Crippen LogP contribution in [0.1, 0.15) is 20.1 Å². The van der Waals surface area contributed by atoms with Crippen LogP contribution in [-0.2, 0) is 23.8 Å². The summed E-state index contributed by atoms with van der Waals surface area (Å²) < 4.78 is 16.8. The van der Waals surface area contributed by atoms with Crippen molar-refractivity contribution < 1.29 is 28.7 Å². The van der Waals surface area contributed by atoms with E-state index in [1.807, 2.05) is 0 Å². The molecule has 0 aromatic carbocycles. The Labute approximate surface area is 130 Å². The van der Waals surface area contributed by atoms with E-state index in [1.165, 1.54) is 43.0 Å². The third kappa shape index (κ3) is 4.13. The number of carbonyl (C=O) groups excluding carboxylic acids is 2. The highest BCUT2D eigenvalue weighted by Gasteiger charge is 2.34. The number of imidazole rings is 1. The monoisotopic (exact) mass is 325 g/mol. The predicted octanol–water partition coefficient (Wildman–Crippen LogP) is 0.740. The fourth-order valence-electron chi connectivity index (χ4n) is 2.07. The van der Waals surface area contributed by atoms with E-state index < -0.39 is 41.2 Å². The first-order chi connectivity index (χ1) is 10.9. The molecule has 10 heteroatoms. The Morgan fingerprint density at radius 1 is 1.39 bits per heavy atom. The van der Waals surface area contributed by atoms with Crippen LogP contribution in [0.25, 0.3) is 0 Å². The second-order valence-corrected chi connectivity index (χ2v) is 4.72. The molecule has 0 aliphatic carbocycles. The van der Waals surface area contributed by atoms with Gasteiger partial charge in [-0.1, -0.05) is 4.98 Å². The van der Waals surface area contributed by atoms with E-state index in [0.717, 1.165) is 0 Å². The van der Waals surface area contributed by atoms with Gasteiger partial charge in [-0.3, -0.25) is 9.59 Å². The molecule has 0 bridgehead atoms. The van der Waals surface area contributed by atoms with E-state index in [4.69, 9.17) is 14.2 Å². The van der Waals surface area contributed by atoms with Gasteiger partial charge >= 0.3 is 17.9 Å². The van der Waals surface area contributed by atoms with Crippen molar-refractivity contribution in [3.63, 3.8) is 0 Å². The summed E-state index contributed by atoms with van der Waals surface area (Å²) in [6.45, 7) is 2.32. The lowest BCUT2D eigenvalue weighted by Crippen LogP contribution is -2.40. The third-order valence-corrected chi connectivity index (χ3v) is 2.98. The molecule has 2 rings (SSSR count). The van der Waals surface area contributed by atoms with Gasteiger partial charge in [0.2, 0.25) is 6.23 Å². The summed E-state index contributed by atoms with van der Waals surface area (Å²) in [4.78, 5) is 36.0. The van der Waals surface area contributed by atoms with Crippen molar-refractivity contribution in [2.75, 3.05) is 6.61 Å². The third-order valence-electron chi connectivity index (χ3n) is 2.98. The molecule has 1 aromatic heterocycles. The molecule has 0 unspecified atom stereocenters. The number of hydrogen-bond acceptors (Lipinski definition) is 8. The molecule has 1 aliphatic heterocycles. The van der Waals surface area contributed by atoms with Crippen molar-refractivity contribution in [3.05, 3.63) is 34.7 Å². The molecule has 10 nitrogen and oxygen atoms in total. The molecule has 0 radical (unpaired) electrons. The van der Waals surface area contributed by atoms with Crippen molar-refractivity contribution in [2.24, 2.45) is 0 Å². The van der Waals surface area contributed by atoms with Crippen LogP contribution in [0.5, 0.6) is 0 Å². The standard InChI is InChI=1S/C13H15N3O7/c1-8(17)21-7-11-10(22-9(2)18)3-4-12(23-11)15-6-5-14-13(15)16(19)20/h3-6,10-12H,7H2,1-2H3/t10-,11+,12+/m0/s1. The first kappa shape index (κ1) is 16.6. The van der Waals surface area contributed by atoms with E-state index in [0.29, 0.717) is 0 Å². The highest BCUT2D eigenvalue weighted by atomic mass is 16.6. The molecular formula is C13H15N3O7. The number of hydrogen-bond donors (Lipinski definition) is 0. The molecule has 0 spiro atoms. The molecule has 0 saturated carbocycles. The highest BCUT2D eigenvalue weighted by Crippen LogP contribution is 2.26. The minimum atomic E-state index is -0.828. The van der Waals surface area contributed by atoms with Crippen LogP contribution in [0.3, 0.4) is 0 Å². The fraction of sp³-hybridized carbons (Fsp3) is 0.462. The number of nitrogens with zero attached hydrogens (tertiary/aromatic N) is 3. The second-order valence-electron chi connectivity index (χ2n) is 4.72. The average Bonchev–Trinajstić information content (AvgIpc) is 2.95. The molecule has 1 aliphatic rings. The lowest BCUT2D eigenvalue weighted by Gasteiger charge is -2.30. The topological polar surface area (TPSA) is 123 Å². The maximum Gasteiger partial charge on any atom is 0.436 e. The number of ether oxygens (including phenoxy) is 3. The van der Waals surface area contributed by atoms with E-state index >= 15 is 0 Å². The molecule has 0 N–H and O–H groups in total. The SMILES string of the molecule is CC(=O)OC[C@H]1O[C@@H](n2ccnc2[N+](=O)[O-])C=C[C@@H]1OC(C)=O. The van der Waals surface area contributed by atoms with E-state index in [1.54, 1.807) is 0 Å². The van der Waals surface area contributed by atoms with Crippen molar-refractivity contribution in [1.82, 2.24) is 9.55 Å². The Hall–Kier alpha value is -2.75. The average molecular weight is 325 g/mol. The summed E-state index contributed by atoms with van der Waals surface area (Å²) in [6.07, 6.45) is 3.33. The van der Waals surface area contributed by atoms with Gasteiger partial charge < -0.3 is 24.3 Å². The molecule has 124 valence electrons. The molecule has 0 fully saturated rings. The quantitative estimate of drug-likeness (QED) is 0.336. The van der Waals surface area contributed by atoms with Gasteiger partial charge in [-0.05, 0) is 17.1 Å². The molecule has 23 heavy (non-hydrogen) atoms. The van der Waals surface area contributed by atoms with Crippen molar-refractivity contribution in [3.8, 4) is 0 Å². The molecule has 0 saturated heterocycles. The summed E-state index contributed by atoms with van der Waals surface area (Å²) in [5, 5.41) is 10.9. The summed E-state index contributed by atoms with van der Waals surface area (Å²) in [5.74, 6) is -1.44. The van der Waals surface area contributed by atoms with Gasteiger partial charge in [-0.2, -0.15) is 4.57 Å². The zero-order chi connectivity index (χ0) is 17.0. The van der Waals surface area contributed by atoms with Crippen LogP contribution in [0.15, 0.2) is 24.5 Å². The van der Waals surface area contributed by atoms with Crippen molar-refractivity contribution in [1.29, 1.82) is 0 Å². The molecule has 0 amide bonds. The van der Waals surface area contributed by atoms with Crippen LogP contribution in [0, 0.1) is 10.1 Å². The van der Waals surface area contributed by atoms with Gasteiger partial charge in [0.25, 0.3) is 0 Å². The van der Waals surface area contributed by atoms with Gasteiger partial charge in [-0.15, -0.1) is 0 Å². The highest BCUT2D eigenvalue weighted by molar-refractivity contribution is 5.66. The zero-order valence-corrected chi connectivity index (χ0v) is 12.4. The van der Waals surface area contributed by atoms with Gasteiger partial charge in [-0.25, -0.2) is 0 Å². The fourth-order valence-corrected chi connectivity index (χ4v) is 2.07. The smallest absolute Gasteiger partial charge is 0.436 e. The predicted molar refractivity (Wildman–Crippen MR) is 74.1 cm³/mol. The van der Waals surface area contributed by atoms with E-state index in [2.05, 4.69) is 4.98 Å². The van der Waals surface area contributed by atoms with Gasteiger partial charge in [0.15, 0.2) is 0 Å². The number of carbonyl (C=O) groups is 2. The van der Waals surface area contributed by atoms with Crippen LogP contribution >= 0.6 is 0 Å². The maximum absolute atomic E-state index is 11.1. The van der Waals surface area contributed by atoms with Crippen LogP contribution < -0.4 is 0 Å². The van der Waals surface area contributed by atoms with Gasteiger partial charge in [0.1, 0.15) is 31.2 Å². The van der Waals surface area contributed by atoms with Crippen LogP contribution in [0.2, 0.25) is 0 Å². The van der Waals surface area contributed by atoms with Crippen molar-refractivity contribution in [2.45, 2.75) is 32.3 Å². The maximum atomic E-state index is 11.1. The number of esters is 2. The summed E-state index contributed by atoms with van der Waals surface area (Å²) >= 11 is 0. The molecule has 1 aromatic rings. The Morgan fingerprint density at radius 2 is 2.13 bits per heavy atom. The van der Waals surface area contributed by atoms with E-state index in [-0.39, 0.29) is 6.61 Å². The number of nitro groups is 1. The Bertz CT molecular complexity index is 639. The zero-order valence-electron chi connectivity index (χ0n) is 12.4. The van der Waals surface area contributed by atoms with Crippen LogP contribution in [-0.4, -0.2) is 45.2 Å². The number of aromatic nitrogens is 2. The van der Waals surface area contributed by atoms with E-state index in [9.17, 15) is 19.7 Å². The molecule has 2 heterocycles. The normalized spacial score (nSPS) is 23.3. The summed E-state index contributed by atoms with van der Waals surface area (Å²) in [5.41, 5.74) is 0. The first-order valence-corrected chi connectivity index (χ1v) is 6.70. The van der Waals surface area contributed by atoms with Crippen molar-refractivity contribution >= 4 is 17.9 Å². The van der Waals surface area contributed by atoms with Gasteiger partial charge in [0.05, 0.1) is 0 Å². The summed E-state index contributed by atoms with van der Waals surface area (Å²) in [6, 6.07) is 0. The molecule has 3 atom stereocenters. The number of rotatable bonds is 5. The second kappa shape index (κ2) is 7.01. The molecular weight excluding hydrogens is 310 g/mol. The van der Waals surface area contributed by atoms with Gasteiger partial charge in [0, 0.05) is 13.8 Å².